The van der Waals surface area contributed by atoms with Gasteiger partial charge in [-0.05, 0) is 23.8 Å². The van der Waals surface area contributed by atoms with Gasteiger partial charge in [-0.3, -0.25) is 0 Å². The van der Waals surface area contributed by atoms with E-state index in [-0.39, 0.29) is 12.5 Å². The SMILES string of the molecule is CB(C#N)c1ccn2ncc(-c3cccc(O)c3)c2n1. The molecule has 0 saturated carbocycles. The van der Waals surface area contributed by atoms with Crippen LogP contribution in [-0.4, -0.2) is 26.4 Å². The number of hydrogen-bond donors (Lipinski definition) is 1. The van der Waals surface area contributed by atoms with Crippen LogP contribution in [0, 0.1) is 11.2 Å². The van der Waals surface area contributed by atoms with Crippen molar-refractivity contribution in [3.8, 4) is 22.8 Å². The molecule has 6 heteroatoms. The lowest BCUT2D eigenvalue weighted by Crippen LogP contribution is -2.28. The van der Waals surface area contributed by atoms with Gasteiger partial charge in [0.2, 0.25) is 0 Å². The molecule has 0 fully saturated rings. The molecule has 0 aliphatic heterocycles. The van der Waals surface area contributed by atoms with Crippen LogP contribution in [0.5, 0.6) is 5.75 Å². The van der Waals surface area contributed by atoms with E-state index < -0.39 is 0 Å². The van der Waals surface area contributed by atoms with Gasteiger partial charge in [-0.2, -0.15) is 5.10 Å². The average Bonchev–Trinajstić information content (AvgIpc) is 2.89. The van der Waals surface area contributed by atoms with Crippen LogP contribution in [0.1, 0.15) is 0 Å². The van der Waals surface area contributed by atoms with Crippen LogP contribution in [0.25, 0.3) is 16.8 Å². The van der Waals surface area contributed by atoms with Gasteiger partial charge in [-0.15, -0.1) is 0 Å². The topological polar surface area (TPSA) is 74.2 Å². The Kier molecular flexibility index (Phi) is 2.88. The summed E-state index contributed by atoms with van der Waals surface area (Å²) in [5.74, 6) is 2.37. The Bertz CT molecular complexity index is 821. The van der Waals surface area contributed by atoms with Gasteiger partial charge in [0, 0.05) is 23.3 Å². The van der Waals surface area contributed by atoms with Crippen molar-refractivity contribution in [1.29, 1.82) is 5.26 Å². The molecular weight excluding hydrogens is 251 g/mol. The second-order valence-corrected chi connectivity index (χ2v) is 4.58. The molecule has 1 N–H and O–H groups in total. The normalized spacial score (nSPS) is 10.4. The van der Waals surface area contributed by atoms with Gasteiger partial charge in [0.15, 0.2) is 5.65 Å². The first-order chi connectivity index (χ1) is 9.69. The summed E-state index contributed by atoms with van der Waals surface area (Å²) >= 11 is 0. The molecule has 2 aromatic heterocycles. The first-order valence-electron chi connectivity index (χ1n) is 6.22. The van der Waals surface area contributed by atoms with Crippen molar-refractivity contribution in [3.63, 3.8) is 0 Å². The molecule has 0 atom stereocenters. The quantitative estimate of drug-likeness (QED) is 0.710. The molecule has 0 aliphatic carbocycles. The van der Waals surface area contributed by atoms with Crippen molar-refractivity contribution in [1.82, 2.24) is 14.6 Å². The van der Waals surface area contributed by atoms with Crippen LogP contribution in [0.15, 0.2) is 42.7 Å². The fourth-order valence-corrected chi connectivity index (χ4v) is 2.07. The van der Waals surface area contributed by atoms with Crippen molar-refractivity contribution >= 4 is 18.0 Å². The third-order valence-electron chi connectivity index (χ3n) is 3.19. The standard InChI is InChI=1S/C14H11BN4O/c1-15(9-16)13-5-6-19-14(18-13)12(8-17-19)10-3-2-4-11(20)7-10/h2-8,20H,1H3. The minimum absolute atomic E-state index is 0.198. The molecule has 0 radical (unpaired) electrons. The fourth-order valence-electron chi connectivity index (χ4n) is 2.07. The third-order valence-corrected chi connectivity index (χ3v) is 3.19. The molecule has 5 nitrogen and oxygen atoms in total. The molecule has 0 unspecified atom stereocenters. The van der Waals surface area contributed by atoms with E-state index in [1.165, 1.54) is 0 Å². The van der Waals surface area contributed by atoms with E-state index in [1.807, 2.05) is 12.9 Å². The molecular formula is C14H11BN4O. The Morgan fingerprint density at radius 3 is 2.95 bits per heavy atom. The minimum Gasteiger partial charge on any atom is -0.508 e. The van der Waals surface area contributed by atoms with E-state index in [0.717, 1.165) is 11.1 Å². The highest BCUT2D eigenvalue weighted by Gasteiger charge is 2.14. The number of hydrogen-bond acceptors (Lipinski definition) is 4. The number of phenols is 1. The van der Waals surface area contributed by atoms with Crippen molar-refractivity contribution in [3.05, 3.63) is 42.7 Å². The fraction of sp³-hybridized carbons (Fsp3) is 0.0714. The zero-order valence-corrected chi connectivity index (χ0v) is 10.9. The van der Waals surface area contributed by atoms with Crippen LogP contribution in [0.4, 0.5) is 0 Å². The molecule has 0 bridgehead atoms. The van der Waals surface area contributed by atoms with E-state index >= 15 is 0 Å². The van der Waals surface area contributed by atoms with E-state index in [0.29, 0.717) is 11.2 Å². The highest BCUT2D eigenvalue weighted by atomic mass is 16.3. The van der Waals surface area contributed by atoms with E-state index in [9.17, 15) is 5.11 Å². The highest BCUT2D eigenvalue weighted by molar-refractivity contribution is 6.78. The number of rotatable bonds is 2. The van der Waals surface area contributed by atoms with Crippen LogP contribution in [0.2, 0.25) is 6.82 Å². The van der Waals surface area contributed by atoms with E-state index in [4.69, 9.17) is 5.26 Å². The summed E-state index contributed by atoms with van der Waals surface area (Å²) in [5, 5.41) is 22.8. The number of fused-ring (bicyclic) bond motifs is 1. The van der Waals surface area contributed by atoms with Gasteiger partial charge in [0.05, 0.1) is 6.20 Å². The Hall–Kier alpha value is -2.81. The molecule has 0 saturated heterocycles. The lowest BCUT2D eigenvalue weighted by molar-refractivity contribution is 0.475. The monoisotopic (exact) mass is 262 g/mol. The largest absolute Gasteiger partial charge is 0.508 e. The number of phenolic OH excluding ortho intramolecular Hbond substituents is 1. The summed E-state index contributed by atoms with van der Waals surface area (Å²) in [6, 6.07) is 8.74. The second kappa shape index (κ2) is 4.70. The summed E-state index contributed by atoms with van der Waals surface area (Å²) in [6.45, 7) is 1.54. The first-order valence-corrected chi connectivity index (χ1v) is 6.22. The predicted octanol–water partition coefficient (Wildman–Crippen LogP) is 1.50. The van der Waals surface area contributed by atoms with Crippen molar-refractivity contribution in [2.45, 2.75) is 6.82 Å². The Balaban J connectivity index is 2.19. The first kappa shape index (κ1) is 12.2. The summed E-state index contributed by atoms with van der Waals surface area (Å²) < 4.78 is 1.66. The molecule has 0 spiro atoms. The van der Waals surface area contributed by atoms with Gasteiger partial charge in [-0.25, -0.2) is 14.8 Å². The zero-order chi connectivity index (χ0) is 14.1. The number of benzene rings is 1. The van der Waals surface area contributed by atoms with E-state index in [1.54, 1.807) is 41.2 Å². The lowest BCUT2D eigenvalue weighted by Gasteiger charge is -2.03. The molecule has 20 heavy (non-hydrogen) atoms. The number of aromatic hydroxyl groups is 1. The van der Waals surface area contributed by atoms with Gasteiger partial charge >= 0.3 is 6.71 Å². The second-order valence-electron chi connectivity index (χ2n) is 4.58. The van der Waals surface area contributed by atoms with Gasteiger partial charge < -0.3 is 5.11 Å². The summed E-state index contributed by atoms with van der Waals surface area (Å²) in [4.78, 5) is 4.51. The van der Waals surface area contributed by atoms with Gasteiger partial charge in [-0.1, -0.05) is 19.0 Å². The molecule has 0 aliphatic rings. The Morgan fingerprint density at radius 2 is 2.20 bits per heavy atom. The van der Waals surface area contributed by atoms with Gasteiger partial charge in [0.1, 0.15) is 5.75 Å². The summed E-state index contributed by atoms with van der Waals surface area (Å²) in [7, 11) is 0. The Morgan fingerprint density at radius 1 is 1.35 bits per heavy atom. The molecule has 3 rings (SSSR count). The van der Waals surface area contributed by atoms with Crippen molar-refractivity contribution < 1.29 is 5.11 Å². The third kappa shape index (κ3) is 1.99. The summed E-state index contributed by atoms with van der Waals surface area (Å²) in [5.41, 5.74) is 3.05. The average molecular weight is 262 g/mol. The maximum atomic E-state index is 9.57. The van der Waals surface area contributed by atoms with Crippen LogP contribution in [-0.2, 0) is 0 Å². The van der Waals surface area contributed by atoms with Gasteiger partial charge in [0.25, 0.3) is 0 Å². The maximum absolute atomic E-state index is 9.57. The van der Waals surface area contributed by atoms with Crippen LogP contribution in [0.3, 0.4) is 0 Å². The van der Waals surface area contributed by atoms with Crippen molar-refractivity contribution in [2.75, 3.05) is 0 Å². The minimum atomic E-state index is -0.271. The lowest BCUT2D eigenvalue weighted by atomic mass is 9.51. The number of nitriles is 1. The Labute approximate surface area is 116 Å². The molecule has 1 aromatic carbocycles. The highest BCUT2D eigenvalue weighted by Crippen LogP contribution is 2.25. The molecule has 2 heterocycles. The molecule has 3 aromatic rings. The number of aromatic nitrogens is 3. The van der Waals surface area contributed by atoms with Crippen LogP contribution < -0.4 is 5.59 Å². The molecule has 0 amide bonds. The smallest absolute Gasteiger partial charge is 0.319 e. The molecule has 96 valence electrons. The predicted molar refractivity (Wildman–Crippen MR) is 77.0 cm³/mol. The van der Waals surface area contributed by atoms with Crippen LogP contribution >= 0.6 is 0 Å². The van der Waals surface area contributed by atoms with Crippen molar-refractivity contribution in [2.24, 2.45) is 0 Å². The maximum Gasteiger partial charge on any atom is 0.319 e. The van der Waals surface area contributed by atoms with E-state index in [2.05, 4.69) is 16.1 Å². The summed E-state index contributed by atoms with van der Waals surface area (Å²) in [6.07, 6.45) is 3.50. The zero-order valence-electron chi connectivity index (χ0n) is 10.9. The number of nitrogens with zero attached hydrogens (tertiary/aromatic N) is 4.